The maximum Gasteiger partial charge on any atom is 0.254 e. The summed E-state index contributed by atoms with van der Waals surface area (Å²) in [6, 6.07) is 3.35. The van der Waals surface area contributed by atoms with Gasteiger partial charge in [0, 0.05) is 31.1 Å². The van der Waals surface area contributed by atoms with E-state index in [0.29, 0.717) is 0 Å². The summed E-state index contributed by atoms with van der Waals surface area (Å²) in [7, 11) is 1.55. The van der Waals surface area contributed by atoms with Crippen LogP contribution >= 0.6 is 0 Å². The molecule has 0 saturated carbocycles. The molecule has 1 atom stereocenters. The molecule has 0 aliphatic carbocycles. The Morgan fingerprint density at radius 3 is 2.37 bits per heavy atom. The number of phenols is 2. The van der Waals surface area contributed by atoms with Crippen molar-refractivity contribution in [3.05, 3.63) is 23.8 Å². The number of rotatable bonds is 4. The fraction of sp³-hybridized carbons (Fsp3) is 0.333. The first-order valence-electron chi connectivity index (χ1n) is 5.61. The molecule has 0 spiro atoms. The monoisotopic (exact) mass is 267 g/mol. The van der Waals surface area contributed by atoms with Crippen molar-refractivity contribution in [2.24, 2.45) is 10.9 Å². The molecular formula is C12H17N3O4. The second-order valence-corrected chi connectivity index (χ2v) is 4.30. The van der Waals surface area contributed by atoms with Crippen LogP contribution in [0.4, 0.5) is 0 Å². The number of nitrogens with two attached hydrogens (primary N) is 1. The minimum Gasteiger partial charge on any atom is -0.508 e. The molecule has 0 heterocycles. The van der Waals surface area contributed by atoms with Crippen LogP contribution in [0.1, 0.15) is 23.7 Å². The molecule has 0 aliphatic heterocycles. The Kier molecular flexibility index (Phi) is 4.57. The molecule has 104 valence electrons. The number of oxime groups is 1. The lowest BCUT2D eigenvalue weighted by Crippen LogP contribution is -2.37. The van der Waals surface area contributed by atoms with Crippen LogP contribution in [-0.4, -0.2) is 45.2 Å². The van der Waals surface area contributed by atoms with Gasteiger partial charge < -0.3 is 26.1 Å². The Hall–Kier alpha value is -2.44. The van der Waals surface area contributed by atoms with Crippen molar-refractivity contribution in [3.63, 3.8) is 0 Å². The van der Waals surface area contributed by atoms with E-state index in [-0.39, 0.29) is 41.3 Å². The number of hydrogen-bond donors (Lipinski definition) is 4. The molecule has 0 radical (unpaired) electrons. The predicted molar refractivity (Wildman–Crippen MR) is 69.4 cm³/mol. The van der Waals surface area contributed by atoms with Crippen molar-refractivity contribution < 1.29 is 20.2 Å². The van der Waals surface area contributed by atoms with Crippen LogP contribution in [0, 0.1) is 0 Å². The lowest BCUT2D eigenvalue weighted by molar-refractivity contribution is 0.0746. The number of benzene rings is 1. The van der Waals surface area contributed by atoms with Crippen molar-refractivity contribution in [3.8, 4) is 11.5 Å². The normalized spacial score (nSPS) is 13.1. The van der Waals surface area contributed by atoms with Crippen molar-refractivity contribution in [1.29, 1.82) is 0 Å². The first kappa shape index (κ1) is 14.6. The van der Waals surface area contributed by atoms with Gasteiger partial charge in [0.2, 0.25) is 0 Å². The quantitative estimate of drug-likeness (QED) is 0.277. The van der Waals surface area contributed by atoms with Gasteiger partial charge in [-0.1, -0.05) is 5.16 Å². The van der Waals surface area contributed by atoms with Crippen LogP contribution < -0.4 is 5.73 Å². The largest absolute Gasteiger partial charge is 0.508 e. The third-order valence-corrected chi connectivity index (χ3v) is 2.76. The zero-order valence-corrected chi connectivity index (χ0v) is 10.7. The molecule has 1 aromatic carbocycles. The maximum atomic E-state index is 12.1. The Bertz CT molecular complexity index is 481. The van der Waals surface area contributed by atoms with Gasteiger partial charge in [0.1, 0.15) is 17.3 Å². The van der Waals surface area contributed by atoms with Crippen LogP contribution in [0.15, 0.2) is 23.4 Å². The van der Waals surface area contributed by atoms with E-state index >= 15 is 0 Å². The highest BCUT2D eigenvalue weighted by Gasteiger charge is 2.19. The number of carbonyl (C=O) groups excluding carboxylic acids is 1. The molecule has 5 N–H and O–H groups in total. The molecular weight excluding hydrogens is 250 g/mol. The summed E-state index contributed by atoms with van der Waals surface area (Å²) in [6.45, 7) is 1.73. The Balaban J connectivity index is 2.87. The zero-order valence-electron chi connectivity index (χ0n) is 10.7. The smallest absolute Gasteiger partial charge is 0.254 e. The van der Waals surface area contributed by atoms with Crippen molar-refractivity contribution >= 4 is 11.7 Å². The van der Waals surface area contributed by atoms with Gasteiger partial charge in [0.05, 0.1) is 0 Å². The van der Waals surface area contributed by atoms with E-state index in [1.807, 2.05) is 0 Å². The number of phenolic OH excluding ortho intramolecular Hbond substituents is 2. The molecule has 1 amide bonds. The van der Waals surface area contributed by atoms with E-state index < -0.39 is 0 Å². The molecule has 0 saturated heterocycles. The average molecular weight is 267 g/mol. The highest BCUT2D eigenvalue weighted by atomic mass is 16.4. The number of nitrogens with zero attached hydrogens (tertiary/aromatic N) is 2. The second kappa shape index (κ2) is 5.94. The van der Waals surface area contributed by atoms with Gasteiger partial charge in [-0.25, -0.2) is 0 Å². The standard InChI is InChI=1S/C12H17N3O4/c1-7(3-11(13)14-19)15(2)12(18)8-4-9(16)6-10(17)5-8/h4-7,16-17,19H,3H2,1-2H3,(H2,13,14). The molecule has 1 unspecified atom stereocenters. The van der Waals surface area contributed by atoms with Gasteiger partial charge in [-0.15, -0.1) is 0 Å². The minimum atomic E-state index is -0.385. The molecule has 1 aromatic rings. The van der Waals surface area contributed by atoms with E-state index in [4.69, 9.17) is 10.9 Å². The van der Waals surface area contributed by atoms with Crippen LogP contribution in [0.5, 0.6) is 11.5 Å². The number of aromatic hydroxyl groups is 2. The fourth-order valence-electron chi connectivity index (χ4n) is 1.60. The van der Waals surface area contributed by atoms with Crippen molar-refractivity contribution in [1.82, 2.24) is 4.90 Å². The van der Waals surface area contributed by atoms with Gasteiger partial charge >= 0.3 is 0 Å². The molecule has 19 heavy (non-hydrogen) atoms. The van der Waals surface area contributed by atoms with E-state index in [0.717, 1.165) is 6.07 Å². The first-order chi connectivity index (χ1) is 8.85. The third-order valence-electron chi connectivity index (χ3n) is 2.76. The number of carbonyl (C=O) groups is 1. The van der Waals surface area contributed by atoms with Crippen molar-refractivity contribution in [2.45, 2.75) is 19.4 Å². The van der Waals surface area contributed by atoms with Gasteiger partial charge in [0.25, 0.3) is 5.91 Å². The van der Waals surface area contributed by atoms with Gasteiger partial charge in [0.15, 0.2) is 0 Å². The molecule has 1 rings (SSSR count). The second-order valence-electron chi connectivity index (χ2n) is 4.30. The highest BCUT2D eigenvalue weighted by molar-refractivity contribution is 5.95. The number of amides is 1. The third kappa shape index (κ3) is 3.77. The molecule has 0 aromatic heterocycles. The fourth-order valence-corrected chi connectivity index (χ4v) is 1.60. The summed E-state index contributed by atoms with van der Waals surface area (Å²) in [5.74, 6) is -0.753. The summed E-state index contributed by atoms with van der Waals surface area (Å²) in [4.78, 5) is 13.5. The molecule has 7 heteroatoms. The lowest BCUT2D eigenvalue weighted by atomic mass is 10.1. The van der Waals surface area contributed by atoms with Gasteiger partial charge in [-0.05, 0) is 19.1 Å². The summed E-state index contributed by atoms with van der Waals surface area (Å²) >= 11 is 0. The number of amidine groups is 1. The van der Waals surface area contributed by atoms with Crippen molar-refractivity contribution in [2.75, 3.05) is 7.05 Å². The Labute approximate surface area is 110 Å². The SMILES string of the molecule is CC(C/C(N)=N/O)N(C)C(=O)c1cc(O)cc(O)c1. The van der Waals surface area contributed by atoms with Crippen LogP contribution in [0.3, 0.4) is 0 Å². The van der Waals surface area contributed by atoms with E-state index in [9.17, 15) is 15.0 Å². The highest BCUT2D eigenvalue weighted by Crippen LogP contribution is 2.21. The predicted octanol–water partition coefficient (Wildman–Crippen LogP) is 0.695. The van der Waals surface area contributed by atoms with E-state index in [1.54, 1.807) is 14.0 Å². The van der Waals surface area contributed by atoms with E-state index in [2.05, 4.69) is 5.16 Å². The number of hydrogen-bond acceptors (Lipinski definition) is 5. The van der Waals surface area contributed by atoms with Gasteiger partial charge in [-0.3, -0.25) is 4.79 Å². The summed E-state index contributed by atoms with van der Waals surface area (Å²) in [5.41, 5.74) is 5.54. The summed E-state index contributed by atoms with van der Waals surface area (Å²) < 4.78 is 0. The van der Waals surface area contributed by atoms with Crippen LogP contribution in [0.25, 0.3) is 0 Å². The lowest BCUT2D eigenvalue weighted by Gasteiger charge is -2.24. The van der Waals surface area contributed by atoms with Crippen LogP contribution in [-0.2, 0) is 0 Å². The Morgan fingerprint density at radius 1 is 1.37 bits per heavy atom. The topological polar surface area (TPSA) is 119 Å². The zero-order chi connectivity index (χ0) is 14.6. The molecule has 0 bridgehead atoms. The maximum absolute atomic E-state index is 12.1. The molecule has 0 aliphatic rings. The summed E-state index contributed by atoms with van der Waals surface area (Å²) in [5, 5.41) is 30.0. The van der Waals surface area contributed by atoms with E-state index in [1.165, 1.54) is 17.0 Å². The first-order valence-corrected chi connectivity index (χ1v) is 5.61. The van der Waals surface area contributed by atoms with Gasteiger partial charge in [-0.2, -0.15) is 0 Å². The summed E-state index contributed by atoms with van der Waals surface area (Å²) in [6.07, 6.45) is 0.212. The average Bonchev–Trinajstić information content (AvgIpc) is 2.35. The molecule has 7 nitrogen and oxygen atoms in total. The van der Waals surface area contributed by atoms with Crippen LogP contribution in [0.2, 0.25) is 0 Å². The molecule has 0 fully saturated rings. The minimum absolute atomic E-state index is 0.0194. The Morgan fingerprint density at radius 2 is 1.89 bits per heavy atom.